The summed E-state index contributed by atoms with van der Waals surface area (Å²) >= 11 is 0. The Hall–Kier alpha value is -6.88. The normalized spacial score (nSPS) is 14.5. The number of aromatic nitrogens is 2. The zero-order valence-electron chi connectivity index (χ0n) is 32.3. The SMILES string of the molecule is [C-]#[N+]c1c(C)c(C#N)c(-n2c3ccccc3c3cc4c(cc32)C(C)(C)c2ccccc2-4)c(C)c1-n1c2ccccc2c2cc3c(cc21)C(C)(C)c1ccccc1-3. The molecule has 0 saturated carbocycles. The second-order valence-corrected chi connectivity index (χ2v) is 16.8. The molecule has 266 valence electrons. The predicted octanol–water partition coefficient (Wildman–Crippen LogP) is 13.5. The molecule has 0 unspecified atom stereocenters. The first-order valence-electron chi connectivity index (χ1n) is 19.4. The summed E-state index contributed by atoms with van der Waals surface area (Å²) in [4.78, 5) is 4.25. The summed E-state index contributed by atoms with van der Waals surface area (Å²) in [6.07, 6.45) is 0. The topological polar surface area (TPSA) is 38.0 Å². The van der Waals surface area contributed by atoms with E-state index in [4.69, 9.17) is 6.57 Å². The van der Waals surface area contributed by atoms with Gasteiger partial charge < -0.3 is 9.13 Å². The molecule has 0 fully saturated rings. The van der Waals surface area contributed by atoms with Gasteiger partial charge in [-0.3, -0.25) is 0 Å². The van der Waals surface area contributed by atoms with E-state index in [0.717, 1.165) is 60.5 Å². The van der Waals surface area contributed by atoms with Crippen molar-refractivity contribution in [2.75, 3.05) is 0 Å². The molecule has 56 heavy (non-hydrogen) atoms. The van der Waals surface area contributed by atoms with Crippen LogP contribution in [-0.2, 0) is 10.8 Å². The molecule has 2 heterocycles. The Morgan fingerprint density at radius 1 is 0.500 bits per heavy atom. The van der Waals surface area contributed by atoms with Crippen molar-refractivity contribution in [3.63, 3.8) is 0 Å². The van der Waals surface area contributed by atoms with E-state index in [1.54, 1.807) is 0 Å². The van der Waals surface area contributed by atoms with Gasteiger partial charge in [0, 0.05) is 32.4 Å². The van der Waals surface area contributed by atoms with Crippen molar-refractivity contribution in [3.05, 3.63) is 172 Å². The molecule has 7 aromatic carbocycles. The Kier molecular flexibility index (Phi) is 6.32. The van der Waals surface area contributed by atoms with Gasteiger partial charge in [0.25, 0.3) is 0 Å². The van der Waals surface area contributed by atoms with Crippen LogP contribution in [-0.4, -0.2) is 9.13 Å². The van der Waals surface area contributed by atoms with E-state index in [1.165, 1.54) is 44.5 Å². The first-order chi connectivity index (χ1) is 27.1. The number of rotatable bonds is 2. The lowest BCUT2D eigenvalue weighted by atomic mass is 9.82. The van der Waals surface area contributed by atoms with Crippen LogP contribution in [0, 0.1) is 31.8 Å². The van der Waals surface area contributed by atoms with Crippen LogP contribution in [0.15, 0.2) is 121 Å². The quantitative estimate of drug-likeness (QED) is 0.164. The maximum Gasteiger partial charge on any atom is 0.215 e. The van der Waals surface area contributed by atoms with Crippen molar-refractivity contribution in [1.29, 1.82) is 5.26 Å². The highest BCUT2D eigenvalue weighted by atomic mass is 15.0. The lowest BCUT2D eigenvalue weighted by Gasteiger charge is -2.24. The molecule has 2 aliphatic carbocycles. The molecule has 2 aromatic heterocycles. The van der Waals surface area contributed by atoms with Gasteiger partial charge in [0.1, 0.15) is 6.07 Å². The summed E-state index contributed by atoms with van der Waals surface area (Å²) in [7, 11) is 0. The molecule has 4 heteroatoms. The number of benzene rings is 7. The van der Waals surface area contributed by atoms with E-state index < -0.39 is 0 Å². The highest BCUT2D eigenvalue weighted by Gasteiger charge is 2.38. The Labute approximate surface area is 326 Å². The summed E-state index contributed by atoms with van der Waals surface area (Å²) in [5, 5.41) is 15.7. The summed E-state index contributed by atoms with van der Waals surface area (Å²) in [5.41, 5.74) is 18.4. The van der Waals surface area contributed by atoms with Gasteiger partial charge in [0.05, 0.1) is 45.6 Å². The van der Waals surface area contributed by atoms with E-state index >= 15 is 0 Å². The van der Waals surface area contributed by atoms with E-state index in [-0.39, 0.29) is 10.8 Å². The van der Waals surface area contributed by atoms with Gasteiger partial charge in [0.15, 0.2) is 0 Å². The maximum absolute atomic E-state index is 11.1. The Morgan fingerprint density at radius 3 is 1.43 bits per heavy atom. The molecule has 4 nitrogen and oxygen atoms in total. The Balaban J connectivity index is 1.28. The average Bonchev–Trinajstić information content (AvgIpc) is 3.85. The molecule has 0 amide bonds. The molecule has 0 radical (unpaired) electrons. The van der Waals surface area contributed by atoms with Crippen LogP contribution < -0.4 is 0 Å². The molecule has 2 aliphatic rings. The van der Waals surface area contributed by atoms with Crippen LogP contribution in [0.3, 0.4) is 0 Å². The van der Waals surface area contributed by atoms with Crippen molar-refractivity contribution < 1.29 is 0 Å². The maximum atomic E-state index is 11.1. The van der Waals surface area contributed by atoms with Gasteiger partial charge in [-0.15, -0.1) is 0 Å². The fourth-order valence-corrected chi connectivity index (χ4v) is 10.6. The van der Waals surface area contributed by atoms with E-state index in [2.05, 4.69) is 176 Å². The number of nitriles is 1. The lowest BCUT2D eigenvalue weighted by molar-refractivity contribution is 0.661. The van der Waals surface area contributed by atoms with Crippen LogP contribution in [0.1, 0.15) is 66.6 Å². The number of nitrogens with zero attached hydrogens (tertiary/aromatic N) is 4. The second-order valence-electron chi connectivity index (χ2n) is 16.8. The number of hydrogen-bond acceptors (Lipinski definition) is 1. The van der Waals surface area contributed by atoms with Crippen LogP contribution in [0.25, 0.3) is 82.1 Å². The minimum Gasteiger partial charge on any atom is -0.319 e. The molecular weight excluding hydrogens is 681 g/mol. The fraction of sp³-hybridized carbons (Fsp3) is 0.154. The molecule has 9 aromatic rings. The smallest absolute Gasteiger partial charge is 0.215 e. The molecule has 0 saturated heterocycles. The first-order valence-corrected chi connectivity index (χ1v) is 19.4. The van der Waals surface area contributed by atoms with Crippen molar-refractivity contribution in [3.8, 4) is 39.7 Å². The van der Waals surface area contributed by atoms with Crippen molar-refractivity contribution >= 4 is 49.3 Å². The minimum absolute atomic E-state index is 0.193. The average molecular weight is 719 g/mol. The fourth-order valence-electron chi connectivity index (χ4n) is 10.6. The van der Waals surface area contributed by atoms with Crippen LogP contribution in [0.5, 0.6) is 0 Å². The zero-order chi connectivity index (χ0) is 38.4. The molecule has 0 spiro atoms. The Bertz CT molecular complexity index is 3130. The standard InChI is InChI=1S/C52H38N4/c1-29-39(28-53)49(55-44-22-14-10-18-33(44)37-24-35-31-16-8-12-20-40(31)51(3,4)42(35)26-46(37)55)30(2)50(48(29)54-7)56-45-23-15-11-19-34(45)38-25-36-32-17-9-13-21-41(32)52(5,6)43(36)27-47(38)56/h8-27H,1-6H3. The molecular formula is C52H38N4. The highest BCUT2D eigenvalue weighted by molar-refractivity contribution is 6.14. The molecule has 0 bridgehead atoms. The van der Waals surface area contributed by atoms with Gasteiger partial charge in [0.2, 0.25) is 5.69 Å². The van der Waals surface area contributed by atoms with Gasteiger partial charge in [-0.2, -0.15) is 5.26 Å². The number of fused-ring (bicyclic) bond motifs is 12. The van der Waals surface area contributed by atoms with Crippen LogP contribution in [0.2, 0.25) is 0 Å². The molecule has 0 aliphatic heterocycles. The largest absolute Gasteiger partial charge is 0.319 e. The van der Waals surface area contributed by atoms with Gasteiger partial charge in [-0.05, 0) is 106 Å². The summed E-state index contributed by atoms with van der Waals surface area (Å²) in [5.74, 6) is 0. The van der Waals surface area contributed by atoms with Crippen molar-refractivity contribution in [2.45, 2.75) is 52.4 Å². The third kappa shape index (κ3) is 3.86. The molecule has 11 rings (SSSR count). The number of para-hydroxylation sites is 2. The van der Waals surface area contributed by atoms with Crippen molar-refractivity contribution in [2.24, 2.45) is 0 Å². The third-order valence-electron chi connectivity index (χ3n) is 13.3. The minimum atomic E-state index is -0.194. The van der Waals surface area contributed by atoms with Gasteiger partial charge in [-0.1, -0.05) is 113 Å². The molecule has 0 atom stereocenters. The second kappa shape index (κ2) is 10.9. The third-order valence-corrected chi connectivity index (χ3v) is 13.3. The molecule has 0 N–H and O–H groups in total. The van der Waals surface area contributed by atoms with Gasteiger partial charge >= 0.3 is 0 Å². The van der Waals surface area contributed by atoms with Crippen LogP contribution >= 0.6 is 0 Å². The highest BCUT2D eigenvalue weighted by Crippen LogP contribution is 2.54. The monoisotopic (exact) mass is 718 g/mol. The van der Waals surface area contributed by atoms with Crippen LogP contribution in [0.4, 0.5) is 5.69 Å². The summed E-state index contributed by atoms with van der Waals surface area (Å²) in [6, 6.07) is 46.7. The van der Waals surface area contributed by atoms with E-state index in [0.29, 0.717) is 16.8 Å². The number of hydrogen-bond donors (Lipinski definition) is 0. The summed E-state index contributed by atoms with van der Waals surface area (Å²) in [6.45, 7) is 22.0. The predicted molar refractivity (Wildman–Crippen MR) is 231 cm³/mol. The van der Waals surface area contributed by atoms with E-state index in [1.807, 2.05) is 6.92 Å². The first kappa shape index (κ1) is 32.5. The van der Waals surface area contributed by atoms with Crippen molar-refractivity contribution in [1.82, 2.24) is 9.13 Å². The lowest BCUT2D eigenvalue weighted by Crippen LogP contribution is -2.15. The van der Waals surface area contributed by atoms with Gasteiger partial charge in [-0.25, -0.2) is 4.85 Å². The Morgan fingerprint density at radius 2 is 0.946 bits per heavy atom. The zero-order valence-corrected chi connectivity index (χ0v) is 32.3. The van der Waals surface area contributed by atoms with E-state index in [9.17, 15) is 5.26 Å². The summed E-state index contributed by atoms with van der Waals surface area (Å²) < 4.78 is 4.63.